The molecule has 1 heterocycles. The molecule has 0 unspecified atom stereocenters. The minimum absolute atomic E-state index is 0.101. The van der Waals surface area contributed by atoms with Gasteiger partial charge in [0.25, 0.3) is 0 Å². The van der Waals surface area contributed by atoms with Gasteiger partial charge in [-0.15, -0.1) is 0 Å². The lowest BCUT2D eigenvalue weighted by molar-refractivity contribution is -0.118. The van der Waals surface area contributed by atoms with Crippen molar-refractivity contribution in [3.05, 3.63) is 75.6 Å². The Morgan fingerprint density at radius 1 is 1.07 bits per heavy atom. The van der Waals surface area contributed by atoms with E-state index in [0.29, 0.717) is 33.9 Å². The first-order valence-electron chi connectivity index (χ1n) is 8.49. The molecular formula is C20H18Cl2N2O3S. The van der Waals surface area contributed by atoms with Crippen LogP contribution < -0.4 is 5.32 Å². The predicted octanol–water partition coefficient (Wildman–Crippen LogP) is 4.52. The summed E-state index contributed by atoms with van der Waals surface area (Å²) in [6.45, 7) is 2.12. The van der Waals surface area contributed by atoms with Crippen LogP contribution in [0.15, 0.2) is 52.9 Å². The van der Waals surface area contributed by atoms with Crippen LogP contribution >= 0.6 is 23.2 Å². The Labute approximate surface area is 175 Å². The second-order valence-electron chi connectivity index (χ2n) is 6.16. The lowest BCUT2D eigenvalue weighted by Crippen LogP contribution is -2.28. The molecule has 146 valence electrons. The highest BCUT2D eigenvalue weighted by molar-refractivity contribution is 7.84. The van der Waals surface area contributed by atoms with E-state index in [4.69, 9.17) is 27.6 Å². The molecule has 0 saturated carbocycles. The van der Waals surface area contributed by atoms with Gasteiger partial charge in [0.1, 0.15) is 11.5 Å². The summed E-state index contributed by atoms with van der Waals surface area (Å²) in [5.74, 6) is 0.786. The van der Waals surface area contributed by atoms with Crippen LogP contribution in [-0.2, 0) is 27.9 Å². The maximum Gasteiger partial charge on any atom is 0.232 e. The molecule has 3 aromatic rings. The molecule has 0 aliphatic carbocycles. The van der Waals surface area contributed by atoms with Gasteiger partial charge >= 0.3 is 0 Å². The van der Waals surface area contributed by atoms with E-state index in [1.165, 1.54) is 0 Å². The number of nitrogens with zero attached hydrogens (tertiary/aromatic N) is 1. The number of nitrogens with one attached hydrogen (secondary N) is 1. The Morgan fingerprint density at radius 2 is 1.68 bits per heavy atom. The number of halogens is 2. The smallest absolute Gasteiger partial charge is 0.232 e. The maximum absolute atomic E-state index is 12.4. The van der Waals surface area contributed by atoms with Crippen LogP contribution in [0.5, 0.6) is 0 Å². The van der Waals surface area contributed by atoms with E-state index in [2.05, 4.69) is 10.3 Å². The number of hydrogen-bond acceptors (Lipinski definition) is 4. The third-order valence-corrected chi connectivity index (χ3v) is 5.66. The fraction of sp³-hybridized carbons (Fsp3) is 0.200. The van der Waals surface area contributed by atoms with Crippen LogP contribution in [0.4, 0.5) is 0 Å². The molecule has 8 heteroatoms. The summed E-state index contributed by atoms with van der Waals surface area (Å²) >= 11 is 11.7. The van der Waals surface area contributed by atoms with Gasteiger partial charge in [-0.3, -0.25) is 9.00 Å². The van der Waals surface area contributed by atoms with Crippen LogP contribution in [0, 0.1) is 6.92 Å². The Balaban J connectivity index is 1.55. The molecule has 0 aliphatic rings. The SMILES string of the molecule is Cc1oc(-c2ccc(Cl)cc2)nc1C[S@@](=O)CC(=O)NCc1ccc(Cl)cc1. The quantitative estimate of drug-likeness (QED) is 0.590. The van der Waals surface area contributed by atoms with Gasteiger partial charge in [-0.1, -0.05) is 35.3 Å². The molecular weight excluding hydrogens is 419 g/mol. The van der Waals surface area contributed by atoms with Gasteiger partial charge in [-0.05, 0) is 48.9 Å². The zero-order chi connectivity index (χ0) is 20.1. The molecule has 28 heavy (non-hydrogen) atoms. The van der Waals surface area contributed by atoms with E-state index in [1.807, 2.05) is 12.1 Å². The van der Waals surface area contributed by atoms with Crippen molar-refractivity contribution in [1.82, 2.24) is 10.3 Å². The van der Waals surface area contributed by atoms with Crippen LogP contribution in [-0.4, -0.2) is 20.9 Å². The molecule has 0 aliphatic heterocycles. The van der Waals surface area contributed by atoms with Crippen molar-refractivity contribution in [2.75, 3.05) is 5.75 Å². The summed E-state index contributed by atoms with van der Waals surface area (Å²) in [5.41, 5.74) is 2.28. The van der Waals surface area contributed by atoms with Gasteiger partial charge < -0.3 is 9.73 Å². The first-order valence-corrected chi connectivity index (χ1v) is 10.7. The van der Waals surface area contributed by atoms with Crippen molar-refractivity contribution in [1.29, 1.82) is 0 Å². The van der Waals surface area contributed by atoms with E-state index in [-0.39, 0.29) is 17.4 Å². The predicted molar refractivity (Wildman–Crippen MR) is 112 cm³/mol. The number of hydrogen-bond donors (Lipinski definition) is 1. The van der Waals surface area contributed by atoms with E-state index in [1.54, 1.807) is 43.3 Å². The summed E-state index contributed by atoms with van der Waals surface area (Å²) in [6.07, 6.45) is 0. The van der Waals surface area contributed by atoms with E-state index in [0.717, 1.165) is 11.1 Å². The van der Waals surface area contributed by atoms with Gasteiger partial charge in [0.05, 0.1) is 11.4 Å². The Hall–Kier alpha value is -2.15. The molecule has 5 nitrogen and oxygen atoms in total. The molecule has 1 atom stereocenters. The molecule has 0 spiro atoms. The minimum atomic E-state index is -1.40. The number of benzene rings is 2. The van der Waals surface area contributed by atoms with E-state index < -0.39 is 10.8 Å². The molecule has 0 fully saturated rings. The third kappa shape index (κ3) is 5.67. The fourth-order valence-corrected chi connectivity index (χ4v) is 3.80. The molecule has 0 saturated heterocycles. The normalized spacial score (nSPS) is 12.0. The molecule has 1 amide bonds. The number of rotatable bonds is 7. The Kier molecular flexibility index (Phi) is 6.88. The maximum atomic E-state index is 12.4. The molecule has 0 radical (unpaired) electrons. The minimum Gasteiger partial charge on any atom is -0.441 e. The van der Waals surface area contributed by atoms with Gasteiger partial charge in [-0.2, -0.15) is 0 Å². The van der Waals surface area contributed by atoms with Crippen molar-refractivity contribution in [3.8, 4) is 11.5 Å². The number of carbonyl (C=O) groups excluding carboxylic acids is 1. The van der Waals surface area contributed by atoms with Gasteiger partial charge in [0.2, 0.25) is 11.8 Å². The first-order chi connectivity index (χ1) is 13.4. The average molecular weight is 437 g/mol. The first kappa shape index (κ1) is 20.6. The number of amides is 1. The highest BCUT2D eigenvalue weighted by Gasteiger charge is 2.16. The second kappa shape index (κ2) is 9.37. The van der Waals surface area contributed by atoms with Crippen molar-refractivity contribution in [2.45, 2.75) is 19.2 Å². The number of aromatic nitrogens is 1. The van der Waals surface area contributed by atoms with Crippen molar-refractivity contribution < 1.29 is 13.4 Å². The molecule has 3 rings (SSSR count). The van der Waals surface area contributed by atoms with Crippen molar-refractivity contribution in [2.24, 2.45) is 0 Å². The van der Waals surface area contributed by atoms with Gasteiger partial charge in [0, 0.05) is 33.0 Å². The molecule has 1 aromatic heterocycles. The number of aryl methyl sites for hydroxylation is 1. The van der Waals surface area contributed by atoms with Crippen LogP contribution in [0.2, 0.25) is 10.0 Å². The van der Waals surface area contributed by atoms with Crippen LogP contribution in [0.3, 0.4) is 0 Å². The highest BCUT2D eigenvalue weighted by atomic mass is 35.5. The lowest BCUT2D eigenvalue weighted by Gasteiger charge is -2.05. The summed E-state index contributed by atoms with van der Waals surface area (Å²) in [4.78, 5) is 16.5. The van der Waals surface area contributed by atoms with Gasteiger partial charge in [0.15, 0.2) is 0 Å². The lowest BCUT2D eigenvalue weighted by atomic mass is 10.2. The fourth-order valence-electron chi connectivity index (χ4n) is 2.48. The third-order valence-electron chi connectivity index (χ3n) is 3.98. The number of oxazole rings is 1. The monoisotopic (exact) mass is 436 g/mol. The van der Waals surface area contributed by atoms with E-state index >= 15 is 0 Å². The summed E-state index contributed by atoms with van der Waals surface area (Å²) < 4.78 is 18.0. The largest absolute Gasteiger partial charge is 0.441 e. The van der Waals surface area contributed by atoms with Crippen molar-refractivity contribution in [3.63, 3.8) is 0 Å². The molecule has 2 aromatic carbocycles. The summed E-state index contributed by atoms with van der Waals surface area (Å²) in [7, 11) is -1.40. The summed E-state index contributed by atoms with van der Waals surface area (Å²) in [6, 6.07) is 14.3. The topological polar surface area (TPSA) is 72.2 Å². The van der Waals surface area contributed by atoms with E-state index in [9.17, 15) is 9.00 Å². The Bertz CT molecular complexity index is 986. The summed E-state index contributed by atoms with van der Waals surface area (Å²) in [5, 5.41) is 4.01. The highest BCUT2D eigenvalue weighted by Crippen LogP contribution is 2.24. The van der Waals surface area contributed by atoms with Gasteiger partial charge in [-0.25, -0.2) is 4.98 Å². The zero-order valence-corrected chi connectivity index (χ0v) is 17.4. The molecule has 0 bridgehead atoms. The molecule has 1 N–H and O–H groups in total. The van der Waals surface area contributed by atoms with Crippen LogP contribution in [0.1, 0.15) is 17.0 Å². The Morgan fingerprint density at radius 3 is 2.32 bits per heavy atom. The number of carbonyl (C=O) groups is 1. The van der Waals surface area contributed by atoms with Crippen molar-refractivity contribution >= 4 is 39.9 Å². The van der Waals surface area contributed by atoms with Crippen LogP contribution in [0.25, 0.3) is 11.5 Å². The standard InChI is InChI=1S/C20H18Cl2N2O3S/c1-13-18(24-20(27-13)15-4-8-17(22)9-5-15)11-28(26)12-19(25)23-10-14-2-6-16(21)7-3-14/h2-9H,10-12H2,1H3,(H,23,25)/t28-/m1/s1. The second-order valence-corrected chi connectivity index (χ2v) is 8.49. The average Bonchev–Trinajstić information content (AvgIpc) is 3.02. The zero-order valence-electron chi connectivity index (χ0n) is 15.1.